The molecule has 1 aliphatic heterocycles. The summed E-state index contributed by atoms with van der Waals surface area (Å²) in [5, 5.41) is 10.4. The normalized spacial score (nSPS) is 20.9. The summed E-state index contributed by atoms with van der Waals surface area (Å²) in [6, 6.07) is 0. The maximum Gasteiger partial charge on any atom is 0.347 e. The van der Waals surface area contributed by atoms with Crippen molar-refractivity contribution in [3.05, 3.63) is 15.6 Å². The van der Waals surface area contributed by atoms with E-state index in [0.717, 1.165) is 22.2 Å². The smallest absolute Gasteiger partial charge is 0.347 e. The van der Waals surface area contributed by atoms with E-state index in [1.807, 2.05) is 30.4 Å². The maximum atomic E-state index is 11.0. The van der Waals surface area contributed by atoms with Crippen molar-refractivity contribution in [3.63, 3.8) is 0 Å². The summed E-state index contributed by atoms with van der Waals surface area (Å²) in [5.41, 5.74) is 0.740. The molecule has 6 heteroatoms. The molecular weight excluding hydrogens is 262 g/mol. The number of thioether (sulfide) groups is 2. The summed E-state index contributed by atoms with van der Waals surface area (Å²) in [6.45, 7) is 1.95. The van der Waals surface area contributed by atoms with E-state index in [-0.39, 0.29) is 0 Å². The number of hydrogen-bond acceptors (Lipinski definition) is 5. The molecule has 16 heavy (non-hydrogen) atoms. The Kier molecular flexibility index (Phi) is 4.16. The van der Waals surface area contributed by atoms with E-state index >= 15 is 0 Å². The third kappa shape index (κ3) is 2.55. The second-order valence-corrected chi connectivity index (χ2v) is 6.91. The van der Waals surface area contributed by atoms with E-state index in [4.69, 9.17) is 5.11 Å². The van der Waals surface area contributed by atoms with Gasteiger partial charge in [0, 0.05) is 17.3 Å². The second kappa shape index (κ2) is 5.42. The van der Waals surface area contributed by atoms with Crippen LogP contribution in [0.15, 0.2) is 0 Å². The van der Waals surface area contributed by atoms with Gasteiger partial charge in [-0.25, -0.2) is 9.78 Å². The number of aromatic nitrogens is 1. The number of aryl methyl sites for hydroxylation is 1. The summed E-state index contributed by atoms with van der Waals surface area (Å²) in [4.78, 5) is 15.9. The lowest BCUT2D eigenvalue weighted by Gasteiger charge is -2.18. The van der Waals surface area contributed by atoms with Gasteiger partial charge in [-0.05, 0) is 6.42 Å². The van der Waals surface area contributed by atoms with Gasteiger partial charge in [0.05, 0.1) is 10.9 Å². The molecule has 0 saturated carbocycles. The number of nitrogens with zero attached hydrogens (tertiary/aromatic N) is 1. The molecule has 3 nitrogen and oxygen atoms in total. The molecule has 1 aromatic heterocycles. The summed E-state index contributed by atoms with van der Waals surface area (Å²) in [7, 11) is 0. The van der Waals surface area contributed by atoms with E-state index < -0.39 is 5.97 Å². The minimum atomic E-state index is -0.839. The molecule has 0 amide bonds. The Balaban J connectivity index is 2.24. The highest BCUT2D eigenvalue weighted by molar-refractivity contribution is 8.06. The number of rotatable bonds is 3. The van der Waals surface area contributed by atoms with Gasteiger partial charge in [-0.15, -0.1) is 23.1 Å². The van der Waals surface area contributed by atoms with Crippen molar-refractivity contribution in [2.24, 2.45) is 0 Å². The van der Waals surface area contributed by atoms with Crippen molar-refractivity contribution in [1.29, 1.82) is 0 Å². The number of hydrogen-bond donors (Lipinski definition) is 1. The quantitative estimate of drug-likeness (QED) is 0.919. The Hall–Kier alpha value is -0.200. The van der Waals surface area contributed by atoms with Crippen LogP contribution >= 0.6 is 34.9 Å². The number of carbonyl (C=O) groups is 1. The zero-order chi connectivity index (χ0) is 11.5. The fourth-order valence-electron chi connectivity index (χ4n) is 1.54. The summed E-state index contributed by atoms with van der Waals surface area (Å²) in [6.07, 6.45) is 0.697. The number of carboxylic acid groups (broad SMARTS) is 1. The monoisotopic (exact) mass is 275 g/mol. The first-order valence-corrected chi connectivity index (χ1v) is 8.16. The van der Waals surface area contributed by atoms with Gasteiger partial charge in [0.15, 0.2) is 0 Å². The lowest BCUT2D eigenvalue weighted by atomic mass is 10.3. The molecule has 2 rings (SSSR count). The van der Waals surface area contributed by atoms with Crippen LogP contribution in [0.1, 0.15) is 32.5 Å². The molecule has 0 aliphatic carbocycles. The van der Waals surface area contributed by atoms with Crippen molar-refractivity contribution >= 4 is 40.8 Å². The number of thiazole rings is 1. The minimum absolute atomic E-state index is 0.391. The van der Waals surface area contributed by atoms with Crippen LogP contribution in [-0.2, 0) is 6.42 Å². The summed E-state index contributed by atoms with van der Waals surface area (Å²) >= 11 is 5.18. The molecule has 1 saturated heterocycles. The van der Waals surface area contributed by atoms with E-state index in [1.54, 1.807) is 0 Å². The highest BCUT2D eigenvalue weighted by Crippen LogP contribution is 2.39. The lowest BCUT2D eigenvalue weighted by Crippen LogP contribution is -2.06. The number of carboxylic acids is 1. The Morgan fingerprint density at radius 3 is 2.88 bits per heavy atom. The van der Waals surface area contributed by atoms with E-state index in [9.17, 15) is 4.79 Å². The zero-order valence-electron chi connectivity index (χ0n) is 8.93. The molecule has 1 aliphatic rings. The summed E-state index contributed by atoms with van der Waals surface area (Å²) < 4.78 is 0. The van der Waals surface area contributed by atoms with Crippen molar-refractivity contribution < 1.29 is 9.90 Å². The van der Waals surface area contributed by atoms with Crippen LogP contribution in [0.5, 0.6) is 0 Å². The average Bonchev–Trinajstić information content (AvgIpc) is 2.74. The van der Waals surface area contributed by atoms with Crippen LogP contribution < -0.4 is 0 Å². The molecule has 0 bridgehead atoms. The molecule has 2 heterocycles. The van der Waals surface area contributed by atoms with E-state index in [2.05, 4.69) is 4.98 Å². The first kappa shape index (κ1) is 12.3. The molecule has 88 valence electrons. The van der Waals surface area contributed by atoms with Gasteiger partial charge in [-0.3, -0.25) is 0 Å². The molecule has 1 aromatic rings. The zero-order valence-corrected chi connectivity index (χ0v) is 11.4. The third-order valence-electron chi connectivity index (χ3n) is 2.33. The highest BCUT2D eigenvalue weighted by Gasteiger charge is 2.23. The van der Waals surface area contributed by atoms with Gasteiger partial charge >= 0.3 is 5.97 Å². The Labute approximate surface area is 107 Å². The second-order valence-electron chi connectivity index (χ2n) is 3.42. The van der Waals surface area contributed by atoms with Crippen LogP contribution in [0.25, 0.3) is 0 Å². The Bertz CT molecular complexity index is 385. The fraction of sp³-hybridized carbons (Fsp3) is 0.600. The third-order valence-corrected chi connectivity index (χ3v) is 6.45. The van der Waals surface area contributed by atoms with Crippen LogP contribution in [0.2, 0.25) is 0 Å². The van der Waals surface area contributed by atoms with Crippen molar-refractivity contribution in [3.8, 4) is 0 Å². The molecule has 1 atom stereocenters. The molecule has 1 unspecified atom stereocenters. The average molecular weight is 275 g/mol. The standard InChI is InChI=1S/C10H13NO2S3/c1-2-6-8(10(12)13)16-9(11-6)7-5-14-3-4-15-7/h7H,2-5H2,1H3,(H,12,13). The van der Waals surface area contributed by atoms with Crippen molar-refractivity contribution in [1.82, 2.24) is 4.98 Å². The first-order chi connectivity index (χ1) is 7.72. The SMILES string of the molecule is CCc1nc(C2CSCCS2)sc1C(=O)O. The van der Waals surface area contributed by atoms with Crippen molar-refractivity contribution in [2.75, 3.05) is 17.3 Å². The summed E-state index contributed by atoms with van der Waals surface area (Å²) in [5.74, 6) is 2.55. The predicted octanol–water partition coefficient (Wildman–Crippen LogP) is 2.92. The molecule has 1 N–H and O–H groups in total. The van der Waals surface area contributed by atoms with Gasteiger partial charge in [-0.1, -0.05) is 6.92 Å². The molecule has 0 radical (unpaired) electrons. The van der Waals surface area contributed by atoms with Gasteiger partial charge in [0.2, 0.25) is 0 Å². The number of aromatic carboxylic acids is 1. The van der Waals surface area contributed by atoms with Gasteiger partial charge in [0.25, 0.3) is 0 Å². The van der Waals surface area contributed by atoms with Gasteiger partial charge < -0.3 is 5.11 Å². The molecular formula is C10H13NO2S3. The Morgan fingerprint density at radius 1 is 1.56 bits per heavy atom. The lowest BCUT2D eigenvalue weighted by molar-refractivity contribution is 0.0701. The van der Waals surface area contributed by atoms with E-state index in [0.29, 0.717) is 16.5 Å². The maximum absolute atomic E-state index is 11.0. The highest BCUT2D eigenvalue weighted by atomic mass is 32.2. The predicted molar refractivity (Wildman–Crippen MR) is 71.0 cm³/mol. The topological polar surface area (TPSA) is 50.2 Å². The van der Waals surface area contributed by atoms with Crippen LogP contribution in [0.4, 0.5) is 0 Å². The van der Waals surface area contributed by atoms with Gasteiger partial charge in [0.1, 0.15) is 9.88 Å². The fourth-order valence-corrected chi connectivity index (χ4v) is 5.52. The van der Waals surface area contributed by atoms with Crippen molar-refractivity contribution in [2.45, 2.75) is 18.6 Å². The largest absolute Gasteiger partial charge is 0.477 e. The van der Waals surface area contributed by atoms with Crippen LogP contribution in [0, 0.1) is 0 Å². The molecule has 1 fully saturated rings. The van der Waals surface area contributed by atoms with Gasteiger partial charge in [-0.2, -0.15) is 11.8 Å². The van der Waals surface area contributed by atoms with Crippen LogP contribution in [0.3, 0.4) is 0 Å². The first-order valence-electron chi connectivity index (χ1n) is 5.14. The molecule has 0 spiro atoms. The Morgan fingerprint density at radius 2 is 2.38 bits per heavy atom. The van der Waals surface area contributed by atoms with E-state index in [1.165, 1.54) is 17.1 Å². The molecule has 0 aromatic carbocycles. The van der Waals surface area contributed by atoms with Crippen LogP contribution in [-0.4, -0.2) is 33.3 Å². The minimum Gasteiger partial charge on any atom is -0.477 e.